The molecule has 0 saturated carbocycles. The first-order valence-corrected chi connectivity index (χ1v) is 9.28. The number of benzene rings is 2. The minimum Gasteiger partial charge on any atom is -0.494 e. The molecule has 2 aromatic rings. The number of fused-ring (bicyclic) bond motifs is 1. The summed E-state index contributed by atoms with van der Waals surface area (Å²) >= 11 is 0. The fourth-order valence-electron chi connectivity index (χ4n) is 3.05. The third kappa shape index (κ3) is 4.78. The van der Waals surface area contributed by atoms with Crippen molar-refractivity contribution in [1.82, 2.24) is 0 Å². The lowest BCUT2D eigenvalue weighted by atomic mass is 10.1. The Kier molecular flexibility index (Phi) is 5.96. The predicted octanol–water partition coefficient (Wildman–Crippen LogP) is 4.42. The van der Waals surface area contributed by atoms with Crippen molar-refractivity contribution in [2.75, 3.05) is 28.7 Å². The van der Waals surface area contributed by atoms with Crippen LogP contribution in [0.2, 0.25) is 0 Å². The van der Waals surface area contributed by atoms with Crippen molar-refractivity contribution in [2.24, 2.45) is 0 Å². The van der Waals surface area contributed by atoms with Crippen molar-refractivity contribution in [3.05, 3.63) is 48.0 Å². The number of nitrogens with zero attached hydrogens (tertiary/aromatic N) is 1. The number of rotatable bonds is 6. The minimum absolute atomic E-state index is 0.0107. The van der Waals surface area contributed by atoms with E-state index in [4.69, 9.17) is 4.74 Å². The zero-order chi connectivity index (χ0) is 19.2. The zero-order valence-corrected chi connectivity index (χ0v) is 15.7. The Labute approximate surface area is 159 Å². The monoisotopic (exact) mass is 367 g/mol. The molecule has 0 atom stereocenters. The van der Waals surface area contributed by atoms with E-state index in [2.05, 4.69) is 17.6 Å². The second kappa shape index (κ2) is 8.58. The van der Waals surface area contributed by atoms with Crippen molar-refractivity contribution in [3.8, 4) is 5.75 Å². The van der Waals surface area contributed by atoms with Crippen LogP contribution in [0.1, 0.15) is 32.3 Å². The Bertz CT molecular complexity index is 818. The lowest BCUT2D eigenvalue weighted by Gasteiger charge is -2.16. The summed E-state index contributed by atoms with van der Waals surface area (Å²) in [7, 11) is 0. The van der Waals surface area contributed by atoms with Gasteiger partial charge in [-0.3, -0.25) is 4.79 Å². The first-order chi connectivity index (χ1) is 13.1. The van der Waals surface area contributed by atoms with Gasteiger partial charge < -0.3 is 20.3 Å². The van der Waals surface area contributed by atoms with Crippen LogP contribution in [0.3, 0.4) is 0 Å². The van der Waals surface area contributed by atoms with Crippen LogP contribution in [0, 0.1) is 0 Å². The maximum atomic E-state index is 12.3. The van der Waals surface area contributed by atoms with Crippen molar-refractivity contribution >= 4 is 29.0 Å². The summed E-state index contributed by atoms with van der Waals surface area (Å²) in [6.07, 6.45) is 2.95. The molecule has 2 aromatic carbocycles. The third-order valence-electron chi connectivity index (χ3n) is 4.50. The molecular formula is C21H25N3O3. The van der Waals surface area contributed by atoms with Gasteiger partial charge in [0.2, 0.25) is 5.91 Å². The highest BCUT2D eigenvalue weighted by Crippen LogP contribution is 2.31. The van der Waals surface area contributed by atoms with Gasteiger partial charge in [-0.05, 0) is 54.8 Å². The highest BCUT2D eigenvalue weighted by molar-refractivity contribution is 6.01. The van der Waals surface area contributed by atoms with E-state index < -0.39 is 0 Å². The second-order valence-electron chi connectivity index (χ2n) is 6.57. The fourth-order valence-corrected chi connectivity index (χ4v) is 3.05. The number of carbonyl (C=O) groups excluding carboxylic acids is 2. The van der Waals surface area contributed by atoms with Gasteiger partial charge in [-0.1, -0.05) is 19.4 Å². The molecule has 0 unspecified atom stereocenters. The van der Waals surface area contributed by atoms with Crippen LogP contribution in [0.5, 0.6) is 5.75 Å². The molecule has 0 aromatic heterocycles. The molecular weight excluding hydrogens is 342 g/mol. The molecule has 1 aliphatic heterocycles. The number of nitrogens with one attached hydrogen (secondary N) is 2. The quantitative estimate of drug-likeness (QED) is 0.743. The molecule has 3 amide bonds. The number of amides is 3. The number of urea groups is 1. The van der Waals surface area contributed by atoms with Gasteiger partial charge >= 0.3 is 6.03 Å². The number of unbranched alkanes of at least 4 members (excludes halogenated alkanes) is 1. The van der Waals surface area contributed by atoms with Gasteiger partial charge in [-0.15, -0.1) is 0 Å². The van der Waals surface area contributed by atoms with Gasteiger partial charge in [0, 0.05) is 30.5 Å². The molecule has 0 fully saturated rings. The molecule has 1 aliphatic rings. The molecule has 0 saturated heterocycles. The molecule has 0 aliphatic carbocycles. The van der Waals surface area contributed by atoms with E-state index in [0.717, 1.165) is 36.3 Å². The molecule has 0 radical (unpaired) electrons. The first kappa shape index (κ1) is 18.8. The van der Waals surface area contributed by atoms with E-state index in [1.807, 2.05) is 30.3 Å². The summed E-state index contributed by atoms with van der Waals surface area (Å²) in [6.45, 7) is 5.05. The maximum Gasteiger partial charge on any atom is 0.323 e. The van der Waals surface area contributed by atoms with Gasteiger partial charge in [0.25, 0.3) is 0 Å². The van der Waals surface area contributed by atoms with Crippen LogP contribution < -0.4 is 20.3 Å². The smallest absolute Gasteiger partial charge is 0.323 e. The Morgan fingerprint density at radius 1 is 1.07 bits per heavy atom. The third-order valence-corrected chi connectivity index (χ3v) is 4.50. The number of ether oxygens (including phenoxy) is 1. The van der Waals surface area contributed by atoms with Crippen LogP contribution in [0.4, 0.5) is 21.9 Å². The van der Waals surface area contributed by atoms with Crippen LogP contribution >= 0.6 is 0 Å². The van der Waals surface area contributed by atoms with Gasteiger partial charge in [0.15, 0.2) is 0 Å². The number of hydrogen-bond acceptors (Lipinski definition) is 3. The predicted molar refractivity (Wildman–Crippen MR) is 108 cm³/mol. The Morgan fingerprint density at radius 3 is 2.48 bits per heavy atom. The second-order valence-corrected chi connectivity index (χ2v) is 6.57. The van der Waals surface area contributed by atoms with E-state index in [-0.39, 0.29) is 11.9 Å². The summed E-state index contributed by atoms with van der Waals surface area (Å²) < 4.78 is 5.61. The number of carbonyl (C=O) groups is 2. The van der Waals surface area contributed by atoms with E-state index in [9.17, 15) is 9.59 Å². The van der Waals surface area contributed by atoms with Gasteiger partial charge in [-0.25, -0.2) is 4.79 Å². The molecule has 0 bridgehead atoms. The summed E-state index contributed by atoms with van der Waals surface area (Å²) in [5.41, 5.74) is 3.32. The first-order valence-electron chi connectivity index (χ1n) is 9.28. The Morgan fingerprint density at radius 2 is 1.78 bits per heavy atom. The molecule has 2 N–H and O–H groups in total. The van der Waals surface area contributed by atoms with Crippen molar-refractivity contribution in [1.29, 1.82) is 0 Å². The molecule has 142 valence electrons. The largest absolute Gasteiger partial charge is 0.494 e. The molecule has 6 nitrogen and oxygen atoms in total. The van der Waals surface area contributed by atoms with Gasteiger partial charge in [0.1, 0.15) is 5.75 Å². The van der Waals surface area contributed by atoms with Crippen molar-refractivity contribution in [2.45, 2.75) is 33.1 Å². The van der Waals surface area contributed by atoms with E-state index in [1.165, 1.54) is 0 Å². The highest BCUT2D eigenvalue weighted by atomic mass is 16.5. The normalized spacial score (nSPS) is 12.4. The summed E-state index contributed by atoms with van der Waals surface area (Å²) in [5, 5.41) is 5.62. The Balaban J connectivity index is 1.58. The van der Waals surface area contributed by atoms with Gasteiger partial charge in [0.05, 0.1) is 6.61 Å². The average molecular weight is 367 g/mol. The lowest BCUT2D eigenvalue weighted by molar-refractivity contribution is -0.116. The maximum absolute atomic E-state index is 12.3. The average Bonchev–Trinajstić information content (AvgIpc) is 3.07. The zero-order valence-electron chi connectivity index (χ0n) is 15.7. The summed E-state index contributed by atoms with van der Waals surface area (Å²) in [4.78, 5) is 25.7. The van der Waals surface area contributed by atoms with Crippen LogP contribution in [-0.2, 0) is 11.2 Å². The van der Waals surface area contributed by atoms with Crippen LogP contribution in [0.15, 0.2) is 42.5 Å². The van der Waals surface area contributed by atoms with Crippen molar-refractivity contribution in [3.63, 3.8) is 0 Å². The molecule has 6 heteroatoms. The van der Waals surface area contributed by atoms with Crippen molar-refractivity contribution < 1.29 is 14.3 Å². The summed E-state index contributed by atoms with van der Waals surface area (Å²) in [6, 6.07) is 12.6. The molecule has 0 spiro atoms. The molecule has 3 rings (SSSR count). The topological polar surface area (TPSA) is 70.7 Å². The standard InChI is InChI=1S/C21H25N3O3/c1-3-4-13-27-19-9-7-17(8-10-19)22-21(26)23-18-6-5-16-11-12-24(15(2)25)20(16)14-18/h5-10,14H,3-4,11-13H2,1-2H3,(H2,22,23,26). The highest BCUT2D eigenvalue weighted by Gasteiger charge is 2.22. The fraction of sp³-hybridized carbons (Fsp3) is 0.333. The van der Waals surface area contributed by atoms with Crippen LogP contribution in [0.25, 0.3) is 0 Å². The summed E-state index contributed by atoms with van der Waals surface area (Å²) in [5.74, 6) is 0.800. The molecule has 1 heterocycles. The molecule has 27 heavy (non-hydrogen) atoms. The lowest BCUT2D eigenvalue weighted by Crippen LogP contribution is -2.26. The van der Waals surface area contributed by atoms with E-state index >= 15 is 0 Å². The van der Waals surface area contributed by atoms with Crippen LogP contribution in [-0.4, -0.2) is 25.1 Å². The SMILES string of the molecule is CCCCOc1ccc(NC(=O)Nc2ccc3c(c2)N(C(C)=O)CC3)cc1. The van der Waals surface area contributed by atoms with Gasteiger partial charge in [-0.2, -0.15) is 0 Å². The van der Waals surface area contributed by atoms with E-state index in [0.29, 0.717) is 24.5 Å². The minimum atomic E-state index is -0.332. The van der Waals surface area contributed by atoms with E-state index in [1.54, 1.807) is 24.0 Å². The number of hydrogen-bond donors (Lipinski definition) is 2. The Hall–Kier alpha value is -3.02. The number of anilines is 3.